The fourth-order valence-corrected chi connectivity index (χ4v) is 2.56. The first-order valence-electron chi connectivity index (χ1n) is 7.41. The zero-order valence-electron chi connectivity index (χ0n) is 13.7. The van der Waals surface area contributed by atoms with Crippen LogP contribution in [-0.2, 0) is 4.79 Å². The molecule has 0 aromatic heterocycles. The van der Waals surface area contributed by atoms with Crippen molar-refractivity contribution in [3.05, 3.63) is 68.2 Å². The van der Waals surface area contributed by atoms with Crippen LogP contribution in [0.2, 0.25) is 0 Å². The maximum atomic E-state index is 12.3. The molecule has 0 fully saturated rings. The van der Waals surface area contributed by atoms with Gasteiger partial charge in [0.05, 0.1) is 9.40 Å². The van der Waals surface area contributed by atoms with Gasteiger partial charge < -0.3 is 10.1 Å². The smallest absolute Gasteiger partial charge is 0.271 e. The molecule has 0 atom stereocenters. The molecule has 2 aromatic rings. The third kappa shape index (κ3) is 5.39. The van der Waals surface area contributed by atoms with Gasteiger partial charge in [-0.3, -0.25) is 14.9 Å². The summed E-state index contributed by atoms with van der Waals surface area (Å²) in [5.41, 5.74) is 0.403. The SMILES string of the molecule is N#CCOc1ccc(/C=C(\C#N)C(=O)Nc2cccc([N+](=O)[O-])c2)cc1Br. The molecule has 27 heavy (non-hydrogen) atoms. The second kappa shape index (κ2) is 9.13. The van der Waals surface area contributed by atoms with Crippen molar-refractivity contribution in [2.24, 2.45) is 0 Å². The lowest BCUT2D eigenvalue weighted by atomic mass is 10.1. The summed E-state index contributed by atoms with van der Waals surface area (Å²) in [6.07, 6.45) is 1.37. The van der Waals surface area contributed by atoms with Crippen molar-refractivity contribution in [2.75, 3.05) is 11.9 Å². The summed E-state index contributed by atoms with van der Waals surface area (Å²) >= 11 is 3.29. The van der Waals surface area contributed by atoms with Crippen LogP contribution in [0.4, 0.5) is 11.4 Å². The van der Waals surface area contributed by atoms with Crippen LogP contribution in [0.5, 0.6) is 5.75 Å². The average molecular weight is 427 g/mol. The van der Waals surface area contributed by atoms with E-state index in [4.69, 9.17) is 10.00 Å². The van der Waals surface area contributed by atoms with Crippen molar-refractivity contribution in [2.45, 2.75) is 0 Å². The van der Waals surface area contributed by atoms with Crippen molar-refractivity contribution in [3.8, 4) is 17.9 Å². The largest absolute Gasteiger partial charge is 0.478 e. The minimum Gasteiger partial charge on any atom is -0.478 e. The zero-order chi connectivity index (χ0) is 19.8. The van der Waals surface area contributed by atoms with Gasteiger partial charge in [-0.15, -0.1) is 0 Å². The van der Waals surface area contributed by atoms with Crippen LogP contribution in [-0.4, -0.2) is 17.4 Å². The molecule has 0 aliphatic rings. The van der Waals surface area contributed by atoms with Crippen LogP contribution in [0, 0.1) is 32.8 Å². The summed E-state index contributed by atoms with van der Waals surface area (Å²) in [7, 11) is 0. The number of amides is 1. The zero-order valence-corrected chi connectivity index (χ0v) is 15.3. The van der Waals surface area contributed by atoms with Crippen molar-refractivity contribution >= 4 is 39.3 Å². The predicted octanol–water partition coefficient (Wildman–Crippen LogP) is 3.81. The molecule has 1 N–H and O–H groups in total. The number of nitro groups is 1. The fourth-order valence-electron chi connectivity index (χ4n) is 2.04. The normalized spacial score (nSPS) is 10.4. The number of non-ortho nitro benzene ring substituents is 1. The molecule has 0 heterocycles. The highest BCUT2D eigenvalue weighted by atomic mass is 79.9. The van der Waals surface area contributed by atoms with Gasteiger partial charge in [0.1, 0.15) is 23.5 Å². The molecule has 0 saturated carbocycles. The Hall–Kier alpha value is -3.69. The number of carbonyl (C=O) groups excluding carboxylic acids is 1. The van der Waals surface area contributed by atoms with Gasteiger partial charge in [0.25, 0.3) is 11.6 Å². The Bertz CT molecular complexity index is 1010. The number of nitriles is 2. The van der Waals surface area contributed by atoms with E-state index < -0.39 is 10.8 Å². The number of rotatable bonds is 6. The number of hydrogen-bond acceptors (Lipinski definition) is 6. The number of ether oxygens (including phenoxy) is 1. The van der Waals surface area contributed by atoms with E-state index in [0.717, 1.165) is 0 Å². The van der Waals surface area contributed by atoms with E-state index in [-0.39, 0.29) is 23.6 Å². The number of hydrogen-bond donors (Lipinski definition) is 1. The monoisotopic (exact) mass is 426 g/mol. The van der Waals surface area contributed by atoms with Gasteiger partial charge >= 0.3 is 0 Å². The molecule has 2 aromatic carbocycles. The third-order valence-corrected chi connectivity index (χ3v) is 3.86. The van der Waals surface area contributed by atoms with Crippen LogP contribution in [0.3, 0.4) is 0 Å². The molecule has 0 bridgehead atoms. The van der Waals surface area contributed by atoms with Gasteiger partial charge in [0.15, 0.2) is 6.61 Å². The number of carbonyl (C=O) groups is 1. The fraction of sp³-hybridized carbons (Fsp3) is 0.0556. The molecule has 0 radical (unpaired) electrons. The molecule has 9 heteroatoms. The molecule has 2 rings (SSSR count). The Morgan fingerprint density at radius 2 is 2.07 bits per heavy atom. The van der Waals surface area contributed by atoms with Gasteiger partial charge in [0.2, 0.25) is 0 Å². The molecule has 134 valence electrons. The number of nitrogens with one attached hydrogen (secondary N) is 1. The number of halogens is 1. The predicted molar refractivity (Wildman–Crippen MR) is 101 cm³/mol. The summed E-state index contributed by atoms with van der Waals surface area (Å²) in [4.78, 5) is 22.5. The van der Waals surface area contributed by atoms with Gasteiger partial charge in [-0.2, -0.15) is 10.5 Å². The first-order valence-corrected chi connectivity index (χ1v) is 8.21. The minimum absolute atomic E-state index is 0.108. The van der Waals surface area contributed by atoms with Gasteiger partial charge in [0, 0.05) is 17.8 Å². The van der Waals surface area contributed by atoms with Gasteiger partial charge in [-0.1, -0.05) is 12.1 Å². The number of nitro benzene ring substituents is 1. The second-order valence-corrected chi connectivity index (χ2v) is 5.92. The van der Waals surface area contributed by atoms with Crippen molar-refractivity contribution in [3.63, 3.8) is 0 Å². The van der Waals surface area contributed by atoms with Gasteiger partial charge in [-0.25, -0.2) is 0 Å². The molecule has 0 unspecified atom stereocenters. The average Bonchev–Trinajstić information content (AvgIpc) is 2.65. The second-order valence-electron chi connectivity index (χ2n) is 5.07. The van der Waals surface area contributed by atoms with E-state index in [9.17, 15) is 20.2 Å². The topological polar surface area (TPSA) is 129 Å². The third-order valence-electron chi connectivity index (χ3n) is 3.24. The maximum Gasteiger partial charge on any atom is 0.271 e. The van der Waals surface area contributed by atoms with E-state index in [1.165, 1.54) is 30.3 Å². The molecule has 0 spiro atoms. The van der Waals surface area contributed by atoms with Crippen molar-refractivity contribution in [1.82, 2.24) is 0 Å². The van der Waals surface area contributed by atoms with Crippen LogP contribution in [0.1, 0.15) is 5.56 Å². The molecule has 8 nitrogen and oxygen atoms in total. The molecular formula is C18H11BrN4O4. The van der Waals surface area contributed by atoms with Gasteiger partial charge in [-0.05, 0) is 45.8 Å². The maximum absolute atomic E-state index is 12.3. The Labute approximate surface area is 162 Å². The Morgan fingerprint density at radius 3 is 2.70 bits per heavy atom. The van der Waals surface area contributed by atoms with E-state index in [2.05, 4.69) is 21.2 Å². The lowest BCUT2D eigenvalue weighted by molar-refractivity contribution is -0.384. The number of nitrogens with zero attached hydrogens (tertiary/aromatic N) is 3. The molecule has 0 saturated heterocycles. The standard InChI is InChI=1S/C18H11BrN4O4/c19-16-9-12(4-5-17(16)27-7-6-20)8-13(11-21)18(24)22-14-2-1-3-15(10-14)23(25)26/h1-5,8-10H,7H2,(H,22,24)/b13-8+. The first kappa shape index (κ1) is 19.6. The van der Waals surface area contributed by atoms with Crippen LogP contribution in [0.15, 0.2) is 52.5 Å². The minimum atomic E-state index is -0.695. The van der Waals surface area contributed by atoms with Crippen molar-refractivity contribution in [1.29, 1.82) is 10.5 Å². The van der Waals surface area contributed by atoms with E-state index in [1.54, 1.807) is 24.3 Å². The van der Waals surface area contributed by atoms with Crippen LogP contribution >= 0.6 is 15.9 Å². The first-order chi connectivity index (χ1) is 12.9. The summed E-state index contributed by atoms with van der Waals surface area (Å²) in [6, 6.07) is 13.9. The summed E-state index contributed by atoms with van der Waals surface area (Å²) in [5.74, 6) is -0.243. The highest BCUT2D eigenvalue weighted by molar-refractivity contribution is 9.10. The highest BCUT2D eigenvalue weighted by Gasteiger charge is 2.12. The summed E-state index contributed by atoms with van der Waals surface area (Å²) < 4.78 is 5.76. The highest BCUT2D eigenvalue weighted by Crippen LogP contribution is 2.27. The number of benzene rings is 2. The molecular weight excluding hydrogens is 416 g/mol. The quantitative estimate of drug-likeness (QED) is 0.323. The van der Waals surface area contributed by atoms with E-state index >= 15 is 0 Å². The molecule has 0 aliphatic carbocycles. The Morgan fingerprint density at radius 1 is 1.30 bits per heavy atom. The lowest BCUT2D eigenvalue weighted by Crippen LogP contribution is -2.13. The summed E-state index contributed by atoms with van der Waals surface area (Å²) in [6.45, 7) is -0.108. The van der Waals surface area contributed by atoms with Crippen molar-refractivity contribution < 1.29 is 14.5 Å². The molecule has 0 aliphatic heterocycles. The lowest BCUT2D eigenvalue weighted by Gasteiger charge is -2.06. The molecule has 1 amide bonds. The van der Waals surface area contributed by atoms with Crippen LogP contribution < -0.4 is 10.1 Å². The summed E-state index contributed by atoms with van der Waals surface area (Å²) in [5, 5.41) is 31.0. The van der Waals surface area contributed by atoms with E-state index in [1.807, 2.05) is 6.07 Å². The Kier molecular flexibility index (Phi) is 6.64. The Balaban J connectivity index is 2.20. The van der Waals surface area contributed by atoms with Crippen LogP contribution in [0.25, 0.3) is 6.08 Å². The number of anilines is 1. The van der Waals surface area contributed by atoms with E-state index in [0.29, 0.717) is 15.8 Å².